The third-order valence-electron chi connectivity index (χ3n) is 1.35. The molecule has 0 atom stereocenters. The molecule has 0 bridgehead atoms. The second-order valence-electron chi connectivity index (χ2n) is 2.25. The molecular formula is C9H11NO. The molecule has 3 N–H and O–H groups in total. The zero-order chi connectivity index (χ0) is 8.10. The van der Waals surface area contributed by atoms with E-state index in [1.165, 1.54) is 0 Å². The lowest BCUT2D eigenvalue weighted by Crippen LogP contribution is -1.82. The SMILES string of the molecule is Nc1ccc(/C=C/CO)cc1. The van der Waals surface area contributed by atoms with Gasteiger partial charge in [-0.3, -0.25) is 0 Å². The molecule has 0 saturated heterocycles. The summed E-state index contributed by atoms with van der Waals surface area (Å²) < 4.78 is 0. The zero-order valence-corrected chi connectivity index (χ0v) is 6.20. The van der Waals surface area contributed by atoms with E-state index in [-0.39, 0.29) is 6.61 Å². The number of nitrogen functional groups attached to an aromatic ring is 1. The van der Waals surface area contributed by atoms with Gasteiger partial charge in [0.25, 0.3) is 0 Å². The van der Waals surface area contributed by atoms with Crippen molar-refractivity contribution in [3.05, 3.63) is 35.9 Å². The lowest BCUT2D eigenvalue weighted by atomic mass is 10.2. The van der Waals surface area contributed by atoms with Gasteiger partial charge in [-0.25, -0.2) is 0 Å². The number of hydrogen-bond acceptors (Lipinski definition) is 2. The zero-order valence-electron chi connectivity index (χ0n) is 6.20. The molecule has 0 heterocycles. The third-order valence-corrected chi connectivity index (χ3v) is 1.35. The van der Waals surface area contributed by atoms with Crippen LogP contribution in [0.15, 0.2) is 30.3 Å². The Morgan fingerprint density at radius 2 is 1.91 bits per heavy atom. The number of rotatable bonds is 2. The monoisotopic (exact) mass is 149 g/mol. The molecule has 2 nitrogen and oxygen atoms in total. The summed E-state index contributed by atoms with van der Waals surface area (Å²) in [5, 5.41) is 8.47. The van der Waals surface area contributed by atoms with Crippen molar-refractivity contribution in [2.24, 2.45) is 0 Å². The predicted octanol–water partition coefficient (Wildman–Crippen LogP) is 1.27. The molecule has 11 heavy (non-hydrogen) atoms. The first-order valence-electron chi connectivity index (χ1n) is 3.46. The molecule has 2 heteroatoms. The van der Waals surface area contributed by atoms with Crippen molar-refractivity contribution in [3.8, 4) is 0 Å². The fraction of sp³-hybridized carbons (Fsp3) is 0.111. The minimum absolute atomic E-state index is 0.0738. The molecule has 1 aromatic rings. The summed E-state index contributed by atoms with van der Waals surface area (Å²) in [5.74, 6) is 0. The normalized spacial score (nSPS) is 10.6. The molecule has 0 amide bonds. The van der Waals surface area contributed by atoms with E-state index in [1.54, 1.807) is 6.08 Å². The van der Waals surface area contributed by atoms with Crippen LogP contribution < -0.4 is 5.73 Å². The number of anilines is 1. The van der Waals surface area contributed by atoms with Crippen LogP contribution in [0.1, 0.15) is 5.56 Å². The van der Waals surface area contributed by atoms with Crippen LogP contribution in [0.3, 0.4) is 0 Å². The number of hydrogen-bond donors (Lipinski definition) is 2. The second-order valence-corrected chi connectivity index (χ2v) is 2.25. The largest absolute Gasteiger partial charge is 0.399 e. The van der Waals surface area contributed by atoms with Gasteiger partial charge in [0.1, 0.15) is 0 Å². The van der Waals surface area contributed by atoms with Crippen LogP contribution in [-0.2, 0) is 0 Å². The minimum Gasteiger partial charge on any atom is -0.399 e. The summed E-state index contributed by atoms with van der Waals surface area (Å²) in [5.41, 5.74) is 7.29. The summed E-state index contributed by atoms with van der Waals surface area (Å²) in [4.78, 5) is 0. The van der Waals surface area contributed by atoms with E-state index in [0.717, 1.165) is 11.3 Å². The number of benzene rings is 1. The molecule has 0 aliphatic rings. The number of nitrogens with two attached hydrogens (primary N) is 1. The second kappa shape index (κ2) is 3.78. The lowest BCUT2D eigenvalue weighted by molar-refractivity contribution is 0.343. The number of aliphatic hydroxyl groups is 1. The van der Waals surface area contributed by atoms with E-state index < -0.39 is 0 Å². The van der Waals surface area contributed by atoms with Crippen molar-refractivity contribution in [3.63, 3.8) is 0 Å². The van der Waals surface area contributed by atoms with Crippen LogP contribution in [0.2, 0.25) is 0 Å². The Hall–Kier alpha value is -1.28. The fourth-order valence-corrected chi connectivity index (χ4v) is 0.796. The smallest absolute Gasteiger partial charge is 0.0615 e. The highest BCUT2D eigenvalue weighted by Crippen LogP contribution is 2.06. The molecule has 0 fully saturated rings. The predicted molar refractivity (Wildman–Crippen MR) is 47.0 cm³/mol. The van der Waals surface area contributed by atoms with Crippen molar-refractivity contribution in [1.82, 2.24) is 0 Å². The van der Waals surface area contributed by atoms with Gasteiger partial charge in [-0.1, -0.05) is 24.3 Å². The molecule has 0 aliphatic heterocycles. The maximum Gasteiger partial charge on any atom is 0.0615 e. The fourth-order valence-electron chi connectivity index (χ4n) is 0.796. The highest BCUT2D eigenvalue weighted by Gasteiger charge is 1.84. The summed E-state index contributed by atoms with van der Waals surface area (Å²) >= 11 is 0. The van der Waals surface area contributed by atoms with Gasteiger partial charge in [0.15, 0.2) is 0 Å². The first kappa shape index (κ1) is 7.82. The van der Waals surface area contributed by atoms with Crippen molar-refractivity contribution in [2.75, 3.05) is 12.3 Å². The highest BCUT2D eigenvalue weighted by atomic mass is 16.2. The third kappa shape index (κ3) is 2.43. The Labute approximate surface area is 66.0 Å². The Kier molecular flexibility index (Phi) is 2.69. The van der Waals surface area contributed by atoms with E-state index in [1.807, 2.05) is 30.3 Å². The van der Waals surface area contributed by atoms with Gasteiger partial charge in [-0.15, -0.1) is 0 Å². The van der Waals surface area contributed by atoms with Crippen molar-refractivity contribution >= 4 is 11.8 Å². The van der Waals surface area contributed by atoms with Gasteiger partial charge in [-0.2, -0.15) is 0 Å². The Bertz CT molecular complexity index is 238. The average molecular weight is 149 g/mol. The molecule has 1 rings (SSSR count). The van der Waals surface area contributed by atoms with Crippen LogP contribution in [0.25, 0.3) is 6.08 Å². The first-order valence-corrected chi connectivity index (χ1v) is 3.46. The maximum atomic E-state index is 8.47. The quantitative estimate of drug-likeness (QED) is 0.622. The number of aliphatic hydroxyl groups excluding tert-OH is 1. The van der Waals surface area contributed by atoms with Crippen LogP contribution in [0.4, 0.5) is 5.69 Å². The molecule has 0 spiro atoms. The van der Waals surface area contributed by atoms with Gasteiger partial charge in [0.2, 0.25) is 0 Å². The first-order chi connectivity index (χ1) is 5.33. The van der Waals surface area contributed by atoms with E-state index >= 15 is 0 Å². The maximum absolute atomic E-state index is 8.47. The molecule has 0 unspecified atom stereocenters. The van der Waals surface area contributed by atoms with Crippen LogP contribution >= 0.6 is 0 Å². The van der Waals surface area contributed by atoms with E-state index in [4.69, 9.17) is 10.8 Å². The summed E-state index contributed by atoms with van der Waals surface area (Å²) in [7, 11) is 0. The average Bonchev–Trinajstić information content (AvgIpc) is 2.04. The van der Waals surface area contributed by atoms with Crippen molar-refractivity contribution < 1.29 is 5.11 Å². The van der Waals surface area contributed by atoms with Gasteiger partial charge in [-0.05, 0) is 17.7 Å². The molecule has 0 aromatic heterocycles. The van der Waals surface area contributed by atoms with Crippen molar-refractivity contribution in [2.45, 2.75) is 0 Å². The van der Waals surface area contributed by atoms with E-state index in [0.29, 0.717) is 0 Å². The van der Waals surface area contributed by atoms with Crippen LogP contribution in [0.5, 0.6) is 0 Å². The minimum atomic E-state index is 0.0738. The Morgan fingerprint density at radius 3 is 2.45 bits per heavy atom. The highest BCUT2D eigenvalue weighted by molar-refractivity contribution is 5.53. The summed E-state index contributed by atoms with van der Waals surface area (Å²) in [6, 6.07) is 7.47. The van der Waals surface area contributed by atoms with E-state index in [9.17, 15) is 0 Å². The van der Waals surface area contributed by atoms with Crippen LogP contribution in [0, 0.1) is 0 Å². The van der Waals surface area contributed by atoms with Crippen molar-refractivity contribution in [1.29, 1.82) is 0 Å². The molecule has 0 radical (unpaired) electrons. The molecular weight excluding hydrogens is 138 g/mol. The molecule has 1 aromatic carbocycles. The topological polar surface area (TPSA) is 46.2 Å². The molecule has 58 valence electrons. The summed E-state index contributed by atoms with van der Waals surface area (Å²) in [6.07, 6.45) is 3.53. The van der Waals surface area contributed by atoms with Crippen LogP contribution in [-0.4, -0.2) is 11.7 Å². The Morgan fingerprint density at radius 1 is 1.27 bits per heavy atom. The van der Waals surface area contributed by atoms with Gasteiger partial charge >= 0.3 is 0 Å². The van der Waals surface area contributed by atoms with Gasteiger partial charge in [0.05, 0.1) is 6.61 Å². The molecule has 0 saturated carbocycles. The Balaban J connectivity index is 2.73. The van der Waals surface area contributed by atoms with Gasteiger partial charge < -0.3 is 10.8 Å². The molecule has 0 aliphatic carbocycles. The van der Waals surface area contributed by atoms with E-state index in [2.05, 4.69) is 0 Å². The standard InChI is InChI=1S/C9H11NO/c10-9-5-3-8(4-6-9)2-1-7-11/h1-6,11H,7,10H2/b2-1+. The lowest BCUT2D eigenvalue weighted by Gasteiger charge is -1.93. The van der Waals surface area contributed by atoms with Gasteiger partial charge in [0, 0.05) is 5.69 Å². The summed E-state index contributed by atoms with van der Waals surface area (Å²) in [6.45, 7) is 0.0738.